The number of tetrazole rings is 1. The molecule has 24 heavy (non-hydrogen) atoms. The molecule has 0 saturated heterocycles. The second kappa shape index (κ2) is 7.50. The van der Waals surface area contributed by atoms with Crippen molar-refractivity contribution in [1.82, 2.24) is 20.2 Å². The normalized spacial score (nSPS) is 10.5. The number of amides is 1. The Kier molecular flexibility index (Phi) is 4.96. The average molecular weight is 321 g/mol. The summed E-state index contributed by atoms with van der Waals surface area (Å²) in [5, 5.41) is 13.9. The zero-order chi connectivity index (χ0) is 16.8. The first-order valence-corrected chi connectivity index (χ1v) is 8.00. The summed E-state index contributed by atoms with van der Waals surface area (Å²) in [5.74, 6) is -0.139. The Morgan fingerprint density at radius 1 is 1.08 bits per heavy atom. The molecule has 1 aromatic heterocycles. The second-order valence-corrected chi connectivity index (χ2v) is 5.56. The largest absolute Gasteiger partial charge is 0.322 e. The first-order chi connectivity index (χ1) is 11.8. The average Bonchev–Trinajstić information content (AvgIpc) is 3.16. The van der Waals surface area contributed by atoms with Crippen LogP contribution in [-0.2, 0) is 6.42 Å². The van der Waals surface area contributed by atoms with Gasteiger partial charge >= 0.3 is 0 Å². The predicted octanol–water partition coefficient (Wildman–Crippen LogP) is 3.26. The van der Waals surface area contributed by atoms with Crippen LogP contribution in [0, 0.1) is 0 Å². The maximum absolute atomic E-state index is 12.3. The van der Waals surface area contributed by atoms with E-state index >= 15 is 0 Å². The zero-order valence-corrected chi connectivity index (χ0v) is 13.5. The molecular formula is C18H19N5O. The molecule has 6 heteroatoms. The molecule has 1 N–H and O–H groups in total. The third-order valence-electron chi connectivity index (χ3n) is 3.77. The summed E-state index contributed by atoms with van der Waals surface area (Å²) >= 11 is 0. The van der Waals surface area contributed by atoms with E-state index < -0.39 is 0 Å². The fourth-order valence-corrected chi connectivity index (χ4v) is 2.38. The molecule has 0 radical (unpaired) electrons. The highest BCUT2D eigenvalue weighted by molar-refractivity contribution is 6.04. The van der Waals surface area contributed by atoms with E-state index in [9.17, 15) is 4.79 Å². The van der Waals surface area contributed by atoms with Crippen molar-refractivity contribution in [2.75, 3.05) is 5.32 Å². The van der Waals surface area contributed by atoms with Crippen LogP contribution in [0.15, 0.2) is 54.9 Å². The molecule has 122 valence electrons. The fraction of sp³-hybridized carbons (Fsp3) is 0.222. The fourth-order valence-electron chi connectivity index (χ4n) is 2.38. The van der Waals surface area contributed by atoms with E-state index in [2.05, 4.69) is 39.9 Å². The number of rotatable bonds is 6. The highest BCUT2D eigenvalue weighted by atomic mass is 16.1. The van der Waals surface area contributed by atoms with Crippen LogP contribution in [0.25, 0.3) is 5.69 Å². The van der Waals surface area contributed by atoms with Gasteiger partial charge in [-0.1, -0.05) is 25.5 Å². The number of nitrogens with one attached hydrogen (secondary N) is 1. The first-order valence-electron chi connectivity index (χ1n) is 8.00. The molecule has 2 aromatic carbocycles. The van der Waals surface area contributed by atoms with Gasteiger partial charge in [0.1, 0.15) is 6.33 Å². The van der Waals surface area contributed by atoms with Crippen molar-refractivity contribution in [3.63, 3.8) is 0 Å². The molecule has 6 nitrogen and oxygen atoms in total. The summed E-state index contributed by atoms with van der Waals surface area (Å²) in [5.41, 5.74) is 3.48. The number of anilines is 1. The van der Waals surface area contributed by atoms with E-state index in [0.717, 1.165) is 17.8 Å². The van der Waals surface area contributed by atoms with Crippen LogP contribution in [-0.4, -0.2) is 26.1 Å². The Hall–Kier alpha value is -3.02. The number of hydrogen-bond donors (Lipinski definition) is 1. The number of aryl methyl sites for hydroxylation is 1. The lowest BCUT2D eigenvalue weighted by Crippen LogP contribution is -2.12. The van der Waals surface area contributed by atoms with Crippen molar-refractivity contribution in [2.45, 2.75) is 26.2 Å². The highest BCUT2D eigenvalue weighted by Crippen LogP contribution is 2.14. The standard InChI is InChI=1S/C18H19N5O/c1-2-3-4-14-5-9-16(10-6-14)20-18(24)15-7-11-17(12-8-15)23-13-19-21-22-23/h5-13H,2-4H2,1H3,(H,20,24). The Balaban J connectivity index is 1.64. The first kappa shape index (κ1) is 15.9. The van der Waals surface area contributed by atoms with Gasteiger partial charge in [-0.05, 0) is 65.2 Å². The summed E-state index contributed by atoms with van der Waals surface area (Å²) in [6.07, 6.45) is 4.94. The molecule has 3 rings (SSSR count). The summed E-state index contributed by atoms with van der Waals surface area (Å²) < 4.78 is 1.54. The van der Waals surface area contributed by atoms with Gasteiger partial charge in [-0.15, -0.1) is 5.10 Å². The van der Waals surface area contributed by atoms with Crippen LogP contribution in [0.5, 0.6) is 0 Å². The molecule has 0 unspecified atom stereocenters. The Labute approximate surface area is 140 Å². The van der Waals surface area contributed by atoms with Crippen LogP contribution in [0.1, 0.15) is 35.7 Å². The van der Waals surface area contributed by atoms with Crippen molar-refractivity contribution < 1.29 is 4.79 Å². The van der Waals surface area contributed by atoms with E-state index in [1.165, 1.54) is 29.4 Å². The van der Waals surface area contributed by atoms with Crippen molar-refractivity contribution in [3.05, 3.63) is 66.0 Å². The minimum absolute atomic E-state index is 0.139. The third kappa shape index (κ3) is 3.84. The molecule has 0 aliphatic carbocycles. The van der Waals surface area contributed by atoms with Crippen LogP contribution in [0.2, 0.25) is 0 Å². The van der Waals surface area contributed by atoms with Gasteiger partial charge in [0.15, 0.2) is 0 Å². The number of nitrogens with zero attached hydrogens (tertiary/aromatic N) is 4. The maximum atomic E-state index is 12.3. The summed E-state index contributed by atoms with van der Waals surface area (Å²) in [4.78, 5) is 12.3. The van der Waals surface area contributed by atoms with Gasteiger partial charge in [0.05, 0.1) is 5.69 Å². The van der Waals surface area contributed by atoms with E-state index in [-0.39, 0.29) is 5.91 Å². The summed E-state index contributed by atoms with van der Waals surface area (Å²) in [7, 11) is 0. The molecule has 0 aliphatic rings. The molecule has 0 atom stereocenters. The monoisotopic (exact) mass is 321 g/mol. The number of unbranched alkanes of at least 4 members (excludes halogenated alkanes) is 1. The summed E-state index contributed by atoms with van der Waals surface area (Å²) in [6.45, 7) is 2.18. The Bertz CT molecular complexity index is 779. The smallest absolute Gasteiger partial charge is 0.255 e. The SMILES string of the molecule is CCCCc1ccc(NC(=O)c2ccc(-n3cnnn3)cc2)cc1. The highest BCUT2D eigenvalue weighted by Gasteiger charge is 2.07. The number of carbonyl (C=O) groups excluding carboxylic acids is 1. The van der Waals surface area contributed by atoms with Crippen LogP contribution >= 0.6 is 0 Å². The lowest BCUT2D eigenvalue weighted by molar-refractivity contribution is 0.102. The van der Waals surface area contributed by atoms with Gasteiger partial charge in [-0.3, -0.25) is 4.79 Å². The topological polar surface area (TPSA) is 72.7 Å². The number of aromatic nitrogens is 4. The lowest BCUT2D eigenvalue weighted by atomic mass is 10.1. The molecule has 0 saturated carbocycles. The van der Waals surface area contributed by atoms with Crippen molar-refractivity contribution in [1.29, 1.82) is 0 Å². The molecule has 0 aliphatic heterocycles. The Morgan fingerprint density at radius 3 is 2.46 bits per heavy atom. The van der Waals surface area contributed by atoms with Gasteiger partial charge in [0, 0.05) is 11.3 Å². The molecule has 0 fully saturated rings. The van der Waals surface area contributed by atoms with Crippen LogP contribution in [0.4, 0.5) is 5.69 Å². The van der Waals surface area contributed by atoms with Crippen LogP contribution in [0.3, 0.4) is 0 Å². The van der Waals surface area contributed by atoms with Crippen molar-refractivity contribution in [3.8, 4) is 5.69 Å². The minimum atomic E-state index is -0.139. The maximum Gasteiger partial charge on any atom is 0.255 e. The van der Waals surface area contributed by atoms with E-state index in [4.69, 9.17) is 0 Å². The quantitative estimate of drug-likeness (QED) is 0.756. The van der Waals surface area contributed by atoms with E-state index in [0.29, 0.717) is 5.56 Å². The predicted molar refractivity (Wildman–Crippen MR) is 92.2 cm³/mol. The van der Waals surface area contributed by atoms with Gasteiger partial charge in [0.2, 0.25) is 0 Å². The molecule has 0 spiro atoms. The number of carbonyl (C=O) groups is 1. The lowest BCUT2D eigenvalue weighted by Gasteiger charge is -2.07. The van der Waals surface area contributed by atoms with Gasteiger partial charge in [-0.2, -0.15) is 0 Å². The summed E-state index contributed by atoms with van der Waals surface area (Å²) in [6, 6.07) is 15.1. The van der Waals surface area contributed by atoms with Gasteiger partial charge in [-0.25, -0.2) is 4.68 Å². The van der Waals surface area contributed by atoms with Crippen molar-refractivity contribution >= 4 is 11.6 Å². The van der Waals surface area contributed by atoms with E-state index in [1.54, 1.807) is 24.3 Å². The van der Waals surface area contributed by atoms with Crippen molar-refractivity contribution in [2.24, 2.45) is 0 Å². The molecule has 1 amide bonds. The molecular weight excluding hydrogens is 302 g/mol. The second-order valence-electron chi connectivity index (χ2n) is 5.56. The molecule has 0 bridgehead atoms. The van der Waals surface area contributed by atoms with Gasteiger partial charge in [0.25, 0.3) is 5.91 Å². The van der Waals surface area contributed by atoms with E-state index in [1.807, 2.05) is 12.1 Å². The third-order valence-corrected chi connectivity index (χ3v) is 3.77. The minimum Gasteiger partial charge on any atom is -0.322 e. The number of hydrogen-bond acceptors (Lipinski definition) is 4. The number of benzene rings is 2. The van der Waals surface area contributed by atoms with Gasteiger partial charge < -0.3 is 5.32 Å². The molecule has 3 aromatic rings. The Morgan fingerprint density at radius 2 is 1.83 bits per heavy atom. The zero-order valence-electron chi connectivity index (χ0n) is 13.5. The molecule has 1 heterocycles. The van der Waals surface area contributed by atoms with Crippen LogP contribution < -0.4 is 5.32 Å².